The molecule has 18 heavy (non-hydrogen) atoms. The summed E-state index contributed by atoms with van der Waals surface area (Å²) in [5, 5.41) is 0. The maximum atomic E-state index is 12.0. The van der Waals surface area contributed by atoms with E-state index in [1.165, 1.54) is 12.1 Å². The summed E-state index contributed by atoms with van der Waals surface area (Å²) in [4.78, 5) is -0.121. The van der Waals surface area contributed by atoms with Crippen molar-refractivity contribution < 1.29 is 16.9 Å². The van der Waals surface area contributed by atoms with Gasteiger partial charge >= 0.3 is 10.1 Å². The smallest absolute Gasteiger partial charge is 0.343 e. The molecule has 0 bridgehead atoms. The number of benzene rings is 2. The van der Waals surface area contributed by atoms with Crippen LogP contribution in [0.2, 0.25) is 0 Å². The Morgan fingerprint density at radius 1 is 0.889 bits per heavy atom. The van der Waals surface area contributed by atoms with Gasteiger partial charge in [0.25, 0.3) is 0 Å². The van der Waals surface area contributed by atoms with Gasteiger partial charge in [-0.05, 0) is 24.3 Å². The quantitative estimate of drug-likeness (QED) is 0.810. The molecule has 0 heterocycles. The van der Waals surface area contributed by atoms with Crippen LogP contribution in [0, 0.1) is 0 Å². The second-order valence-electron chi connectivity index (χ2n) is 3.37. The molecule has 0 N–H and O–H groups in total. The van der Waals surface area contributed by atoms with Crippen LogP contribution in [0.15, 0.2) is 59.5 Å². The fourth-order valence-corrected chi connectivity index (χ4v) is 2.60. The van der Waals surface area contributed by atoms with Crippen LogP contribution >= 0.6 is 11.9 Å². The van der Waals surface area contributed by atoms with E-state index in [9.17, 15) is 8.42 Å². The lowest BCUT2D eigenvalue weighted by Crippen LogP contribution is -2.10. The van der Waals surface area contributed by atoms with Crippen molar-refractivity contribution in [1.29, 1.82) is 0 Å². The summed E-state index contributed by atoms with van der Waals surface area (Å²) in [5.74, 6) is 0.247. The Morgan fingerprint density at radius 2 is 1.50 bits per heavy atom. The first-order valence-electron chi connectivity index (χ1n) is 5.00. The fraction of sp³-hybridized carbons (Fsp3) is 0. The standard InChI is InChI=1S/C12H9ClO4S/c13-16-11-8-4-5-9-12(11)18(14,15)17-10-6-2-1-3-7-10/h1-9H. The van der Waals surface area contributed by atoms with E-state index in [1.807, 2.05) is 0 Å². The van der Waals surface area contributed by atoms with Crippen molar-refractivity contribution in [1.82, 2.24) is 0 Å². The summed E-state index contributed by atoms with van der Waals surface area (Å²) < 4.78 is 33.5. The number of halogens is 1. The number of hydrogen-bond acceptors (Lipinski definition) is 4. The first-order chi connectivity index (χ1) is 8.63. The van der Waals surface area contributed by atoms with Crippen molar-refractivity contribution in [3.8, 4) is 11.5 Å². The van der Waals surface area contributed by atoms with Crippen LogP contribution in [0.25, 0.3) is 0 Å². The van der Waals surface area contributed by atoms with Crippen LogP contribution in [0.1, 0.15) is 0 Å². The molecule has 4 nitrogen and oxygen atoms in total. The van der Waals surface area contributed by atoms with Crippen LogP contribution in [-0.4, -0.2) is 8.42 Å². The molecule has 2 aromatic rings. The molecule has 0 amide bonds. The van der Waals surface area contributed by atoms with Gasteiger partial charge in [-0.2, -0.15) is 8.42 Å². The van der Waals surface area contributed by atoms with Crippen LogP contribution in [-0.2, 0) is 10.1 Å². The molecular formula is C12H9ClO4S. The van der Waals surface area contributed by atoms with Crippen LogP contribution in [0.3, 0.4) is 0 Å². The van der Waals surface area contributed by atoms with Gasteiger partial charge < -0.3 is 8.47 Å². The van der Waals surface area contributed by atoms with Crippen LogP contribution < -0.4 is 8.47 Å². The molecule has 0 unspecified atom stereocenters. The third-order valence-corrected chi connectivity index (χ3v) is 3.60. The lowest BCUT2D eigenvalue weighted by Gasteiger charge is -2.08. The van der Waals surface area contributed by atoms with Crippen molar-refractivity contribution >= 4 is 22.0 Å². The molecule has 0 spiro atoms. The maximum Gasteiger partial charge on any atom is 0.343 e. The molecule has 0 saturated heterocycles. The van der Waals surface area contributed by atoms with Gasteiger partial charge in [-0.1, -0.05) is 30.3 Å². The summed E-state index contributed by atoms with van der Waals surface area (Å²) in [6.45, 7) is 0. The Hall–Kier alpha value is -1.72. The average molecular weight is 285 g/mol. The molecule has 0 fully saturated rings. The van der Waals surface area contributed by atoms with E-state index in [2.05, 4.69) is 4.29 Å². The molecule has 0 radical (unpaired) electrons. The van der Waals surface area contributed by atoms with Crippen molar-refractivity contribution in [3.63, 3.8) is 0 Å². The Bertz CT molecular complexity index is 626. The zero-order valence-corrected chi connectivity index (χ0v) is 10.7. The molecule has 2 rings (SSSR count). The SMILES string of the molecule is O=S(=O)(Oc1ccccc1)c1ccccc1OCl. The zero-order valence-electron chi connectivity index (χ0n) is 9.12. The Kier molecular flexibility index (Phi) is 3.74. The largest absolute Gasteiger partial charge is 0.384 e. The van der Waals surface area contributed by atoms with Gasteiger partial charge in [0.05, 0.1) is 0 Å². The molecule has 6 heteroatoms. The van der Waals surface area contributed by atoms with E-state index in [-0.39, 0.29) is 16.4 Å². The Balaban J connectivity index is 2.37. The van der Waals surface area contributed by atoms with E-state index in [1.54, 1.807) is 42.5 Å². The van der Waals surface area contributed by atoms with Gasteiger partial charge in [-0.3, -0.25) is 0 Å². The number of para-hydroxylation sites is 2. The highest BCUT2D eigenvalue weighted by molar-refractivity contribution is 7.87. The van der Waals surface area contributed by atoms with Gasteiger partial charge in [0, 0.05) is 0 Å². The first-order valence-corrected chi connectivity index (χ1v) is 6.72. The van der Waals surface area contributed by atoms with E-state index >= 15 is 0 Å². The van der Waals surface area contributed by atoms with Crippen molar-refractivity contribution in [2.75, 3.05) is 0 Å². The molecule has 2 aromatic carbocycles. The number of rotatable bonds is 4. The lowest BCUT2D eigenvalue weighted by molar-refractivity contribution is 0.480. The minimum atomic E-state index is -3.97. The van der Waals surface area contributed by atoms with Gasteiger partial charge in [0.2, 0.25) is 0 Å². The minimum absolute atomic E-state index is 0.0232. The van der Waals surface area contributed by atoms with E-state index in [4.69, 9.17) is 16.0 Å². The second kappa shape index (κ2) is 5.29. The molecular weight excluding hydrogens is 276 g/mol. The summed E-state index contributed by atoms with van der Waals surface area (Å²) in [7, 11) is -3.97. The molecule has 0 aliphatic carbocycles. The normalized spacial score (nSPS) is 10.9. The molecule has 94 valence electrons. The molecule has 0 saturated carbocycles. The highest BCUT2D eigenvalue weighted by Crippen LogP contribution is 2.27. The topological polar surface area (TPSA) is 52.6 Å². The first kappa shape index (κ1) is 12.7. The average Bonchev–Trinajstić information content (AvgIpc) is 2.39. The summed E-state index contributed by atoms with van der Waals surface area (Å²) in [5.41, 5.74) is 0. The molecule has 0 aliphatic heterocycles. The minimum Gasteiger partial charge on any atom is -0.384 e. The lowest BCUT2D eigenvalue weighted by atomic mass is 10.3. The van der Waals surface area contributed by atoms with Crippen LogP contribution in [0.4, 0.5) is 0 Å². The second-order valence-corrected chi connectivity index (χ2v) is 5.04. The zero-order chi connectivity index (χ0) is 13.0. The predicted molar refractivity (Wildman–Crippen MR) is 67.2 cm³/mol. The van der Waals surface area contributed by atoms with E-state index in [0.29, 0.717) is 0 Å². The van der Waals surface area contributed by atoms with E-state index < -0.39 is 10.1 Å². The van der Waals surface area contributed by atoms with Gasteiger partial charge in [-0.15, -0.1) is 0 Å². The van der Waals surface area contributed by atoms with Gasteiger partial charge in [-0.25, -0.2) is 0 Å². The Morgan fingerprint density at radius 3 is 2.17 bits per heavy atom. The summed E-state index contributed by atoms with van der Waals surface area (Å²) >= 11 is 5.22. The van der Waals surface area contributed by atoms with Crippen molar-refractivity contribution in [2.24, 2.45) is 0 Å². The molecule has 0 aliphatic rings. The van der Waals surface area contributed by atoms with E-state index in [0.717, 1.165) is 0 Å². The van der Waals surface area contributed by atoms with Crippen molar-refractivity contribution in [2.45, 2.75) is 4.90 Å². The summed E-state index contributed by atoms with van der Waals surface area (Å²) in [6.07, 6.45) is 0. The monoisotopic (exact) mass is 284 g/mol. The Labute approximate surface area is 110 Å². The number of hydrogen-bond donors (Lipinski definition) is 0. The molecule has 0 aromatic heterocycles. The van der Waals surface area contributed by atoms with Crippen LogP contribution in [0.5, 0.6) is 11.5 Å². The molecule has 0 atom stereocenters. The van der Waals surface area contributed by atoms with Crippen molar-refractivity contribution in [3.05, 3.63) is 54.6 Å². The predicted octanol–water partition coefficient (Wildman–Crippen LogP) is 2.99. The highest BCUT2D eigenvalue weighted by Gasteiger charge is 2.21. The third-order valence-electron chi connectivity index (χ3n) is 2.15. The maximum absolute atomic E-state index is 12.0. The fourth-order valence-electron chi connectivity index (χ4n) is 1.37. The van der Waals surface area contributed by atoms with Gasteiger partial charge in [0.15, 0.2) is 5.75 Å². The van der Waals surface area contributed by atoms with Gasteiger partial charge in [0.1, 0.15) is 22.5 Å². The third kappa shape index (κ3) is 2.75. The summed E-state index contributed by atoms with van der Waals surface area (Å²) in [6, 6.07) is 14.2. The highest BCUT2D eigenvalue weighted by atomic mass is 35.5.